The topological polar surface area (TPSA) is 29.1 Å². The fourth-order valence-electron chi connectivity index (χ4n) is 0.279. The summed E-state index contributed by atoms with van der Waals surface area (Å²) in [6, 6.07) is 0. The Kier molecular flexibility index (Phi) is 0.807. The fourth-order valence-corrected chi connectivity index (χ4v) is 0.423. The van der Waals surface area contributed by atoms with E-state index in [1.54, 1.807) is 0 Å². The number of carbonyl (C=O) groups is 1. The Balaban J connectivity index is 2.84. The van der Waals surface area contributed by atoms with Crippen molar-refractivity contribution >= 4 is 23.1 Å². The van der Waals surface area contributed by atoms with E-state index in [2.05, 4.69) is 29.4 Å². The van der Waals surface area contributed by atoms with E-state index in [0.717, 1.165) is 0 Å². The molecule has 7 heavy (non-hydrogen) atoms. The van der Waals surface area contributed by atoms with E-state index in [0.29, 0.717) is 4.99 Å². The molecule has 0 unspecified atom stereocenters. The number of nitrogens with one attached hydrogen (secondary N) is 1. The van der Waals surface area contributed by atoms with Crippen LogP contribution in [0.2, 0.25) is 0 Å². The van der Waals surface area contributed by atoms with Gasteiger partial charge in [0.1, 0.15) is 0 Å². The van der Waals surface area contributed by atoms with Gasteiger partial charge in [-0.1, -0.05) is 12.2 Å². The SMILES string of the molecule is O=C1C#CC(=S)N1. The molecule has 0 bridgehead atoms. The van der Waals surface area contributed by atoms with Crippen molar-refractivity contribution in [2.24, 2.45) is 0 Å². The van der Waals surface area contributed by atoms with Crippen molar-refractivity contribution in [2.75, 3.05) is 0 Å². The third-order valence-corrected chi connectivity index (χ3v) is 0.721. The Hall–Kier alpha value is -0.880. The van der Waals surface area contributed by atoms with Gasteiger partial charge in [-0.2, -0.15) is 0 Å². The molecule has 1 heterocycles. The molecule has 0 fully saturated rings. The van der Waals surface area contributed by atoms with Gasteiger partial charge in [0.25, 0.3) is 0 Å². The summed E-state index contributed by atoms with van der Waals surface area (Å²) in [5.41, 5.74) is 0. The van der Waals surface area contributed by atoms with E-state index >= 15 is 0 Å². The highest BCUT2D eigenvalue weighted by atomic mass is 32.1. The number of amides is 1. The van der Waals surface area contributed by atoms with Crippen LogP contribution in [0.25, 0.3) is 0 Å². The zero-order valence-electron chi connectivity index (χ0n) is 3.32. The van der Waals surface area contributed by atoms with Crippen LogP contribution in [-0.4, -0.2) is 10.9 Å². The van der Waals surface area contributed by atoms with Gasteiger partial charge in [-0.25, -0.2) is 0 Å². The van der Waals surface area contributed by atoms with Crippen molar-refractivity contribution in [3.8, 4) is 11.8 Å². The van der Waals surface area contributed by atoms with Crippen molar-refractivity contribution in [1.82, 2.24) is 5.32 Å². The monoisotopic (exact) mass is 111 g/mol. The van der Waals surface area contributed by atoms with Gasteiger partial charge in [0.05, 0.1) is 0 Å². The van der Waals surface area contributed by atoms with Gasteiger partial charge in [-0.05, 0) is 5.92 Å². The highest BCUT2D eigenvalue weighted by Gasteiger charge is 2.02. The molecule has 0 saturated carbocycles. The van der Waals surface area contributed by atoms with Gasteiger partial charge in [0.15, 0.2) is 4.99 Å². The zero-order chi connectivity index (χ0) is 5.28. The average molecular weight is 111 g/mol. The third kappa shape index (κ3) is 0.756. The summed E-state index contributed by atoms with van der Waals surface area (Å²) >= 11 is 4.49. The Morgan fingerprint density at radius 2 is 2.29 bits per heavy atom. The summed E-state index contributed by atoms with van der Waals surface area (Å²) in [6.07, 6.45) is 0. The lowest BCUT2D eigenvalue weighted by molar-refractivity contribution is -0.114. The third-order valence-electron chi connectivity index (χ3n) is 0.517. The van der Waals surface area contributed by atoms with E-state index < -0.39 is 0 Å². The molecule has 1 aliphatic heterocycles. The van der Waals surface area contributed by atoms with Crippen molar-refractivity contribution in [2.45, 2.75) is 0 Å². The molecule has 1 aliphatic rings. The Morgan fingerprint density at radius 3 is 2.43 bits per heavy atom. The molecule has 0 atom stereocenters. The minimum atomic E-state index is -0.301. The molecule has 0 saturated heterocycles. The maximum absolute atomic E-state index is 10.1. The molecule has 1 N–H and O–H groups in total. The second-order valence-corrected chi connectivity index (χ2v) is 1.44. The van der Waals surface area contributed by atoms with Crippen LogP contribution in [-0.2, 0) is 4.79 Å². The Labute approximate surface area is 45.9 Å². The van der Waals surface area contributed by atoms with E-state index in [1.165, 1.54) is 0 Å². The number of carbonyl (C=O) groups excluding carboxylic acids is 1. The molecule has 0 spiro atoms. The largest absolute Gasteiger partial charge is 0.301 e. The van der Waals surface area contributed by atoms with Crippen LogP contribution in [0.5, 0.6) is 0 Å². The Morgan fingerprint density at radius 1 is 1.57 bits per heavy atom. The minimum absolute atomic E-state index is 0.301. The molecule has 0 aromatic heterocycles. The molecular weight excluding hydrogens is 110 g/mol. The Bertz CT molecular complexity index is 168. The molecule has 1 amide bonds. The summed E-state index contributed by atoms with van der Waals surface area (Å²) in [5, 5.41) is 2.29. The van der Waals surface area contributed by atoms with Gasteiger partial charge < -0.3 is 0 Å². The van der Waals surface area contributed by atoms with Crippen LogP contribution in [0.3, 0.4) is 0 Å². The molecule has 0 radical (unpaired) electrons. The molecule has 2 nitrogen and oxygen atoms in total. The van der Waals surface area contributed by atoms with Crippen LogP contribution in [0.4, 0.5) is 0 Å². The summed E-state index contributed by atoms with van der Waals surface area (Å²) in [4.78, 5) is 10.4. The van der Waals surface area contributed by atoms with Crippen molar-refractivity contribution in [3.05, 3.63) is 0 Å². The number of rotatable bonds is 0. The number of thiocarbonyl (C=S) groups is 1. The molecule has 1 rings (SSSR count). The van der Waals surface area contributed by atoms with Gasteiger partial charge in [-0.3, -0.25) is 10.1 Å². The molecule has 0 aliphatic carbocycles. The average Bonchev–Trinajstić information content (AvgIpc) is 1.87. The molecule has 3 heteroatoms. The molecule has 34 valence electrons. The molecule has 0 aromatic rings. The number of hydrogen-bond acceptors (Lipinski definition) is 2. The van der Waals surface area contributed by atoms with E-state index in [4.69, 9.17) is 0 Å². The van der Waals surface area contributed by atoms with E-state index in [1.807, 2.05) is 0 Å². The highest BCUT2D eigenvalue weighted by Crippen LogP contribution is 1.76. The van der Waals surface area contributed by atoms with Crippen molar-refractivity contribution in [3.63, 3.8) is 0 Å². The van der Waals surface area contributed by atoms with Gasteiger partial charge >= 0.3 is 5.91 Å². The maximum atomic E-state index is 10.1. The predicted octanol–water partition coefficient (Wildman–Crippen LogP) is -0.553. The van der Waals surface area contributed by atoms with Crippen molar-refractivity contribution < 1.29 is 4.79 Å². The predicted molar refractivity (Wildman–Crippen MR) is 28.5 cm³/mol. The summed E-state index contributed by atoms with van der Waals surface area (Å²) in [6.45, 7) is 0. The van der Waals surface area contributed by atoms with E-state index in [9.17, 15) is 4.79 Å². The lowest BCUT2D eigenvalue weighted by Crippen LogP contribution is -2.19. The lowest BCUT2D eigenvalue weighted by atomic mass is 10.7. The van der Waals surface area contributed by atoms with Crippen LogP contribution < -0.4 is 5.32 Å². The van der Waals surface area contributed by atoms with Crippen molar-refractivity contribution in [1.29, 1.82) is 0 Å². The summed E-state index contributed by atoms with van der Waals surface area (Å²) in [7, 11) is 0. The molecule has 0 aromatic carbocycles. The highest BCUT2D eigenvalue weighted by molar-refractivity contribution is 7.81. The first-order valence-electron chi connectivity index (χ1n) is 1.66. The van der Waals surface area contributed by atoms with Crippen LogP contribution >= 0.6 is 12.2 Å². The first-order valence-corrected chi connectivity index (χ1v) is 2.07. The minimum Gasteiger partial charge on any atom is -0.299 e. The first-order chi connectivity index (χ1) is 3.29. The summed E-state index contributed by atoms with van der Waals surface area (Å²) in [5.74, 6) is 4.32. The van der Waals surface area contributed by atoms with Gasteiger partial charge in [-0.15, -0.1) is 0 Å². The van der Waals surface area contributed by atoms with Gasteiger partial charge in [0, 0.05) is 5.92 Å². The number of hydrogen-bond donors (Lipinski definition) is 1. The zero-order valence-corrected chi connectivity index (χ0v) is 4.13. The second-order valence-electron chi connectivity index (χ2n) is 1.03. The van der Waals surface area contributed by atoms with Crippen LogP contribution in [0, 0.1) is 11.8 Å². The molecular formula is C4HNOS. The maximum Gasteiger partial charge on any atom is 0.301 e. The van der Waals surface area contributed by atoms with Crippen LogP contribution in [0.15, 0.2) is 0 Å². The smallest absolute Gasteiger partial charge is 0.299 e. The lowest BCUT2D eigenvalue weighted by Gasteiger charge is -1.81. The quantitative estimate of drug-likeness (QED) is 0.335. The van der Waals surface area contributed by atoms with Crippen LogP contribution in [0.1, 0.15) is 0 Å². The van der Waals surface area contributed by atoms with E-state index in [-0.39, 0.29) is 5.91 Å². The van der Waals surface area contributed by atoms with Gasteiger partial charge in [0.2, 0.25) is 0 Å². The first kappa shape index (κ1) is 4.28. The second kappa shape index (κ2) is 1.32. The normalized spacial score (nSPS) is 15.4. The fraction of sp³-hybridized carbons (Fsp3) is 0. The standard InChI is InChI=1S/C4HNOS/c6-3-1-2-4(7)5-3/h(H,5,6,7). The summed E-state index contributed by atoms with van der Waals surface area (Å²) < 4.78 is 0.